The van der Waals surface area contributed by atoms with Gasteiger partial charge in [-0.15, -0.1) is 11.3 Å². The maximum absolute atomic E-state index is 12.7. The van der Waals surface area contributed by atoms with Crippen LogP contribution >= 0.6 is 11.3 Å². The smallest absolute Gasteiger partial charge is 0.244 e. The van der Waals surface area contributed by atoms with Crippen LogP contribution in [-0.2, 0) is 10.0 Å². The van der Waals surface area contributed by atoms with Crippen molar-refractivity contribution in [1.82, 2.24) is 9.71 Å². The fourth-order valence-electron chi connectivity index (χ4n) is 2.37. The molecule has 0 aliphatic heterocycles. The van der Waals surface area contributed by atoms with Crippen LogP contribution in [-0.4, -0.2) is 20.5 Å². The minimum Gasteiger partial charge on any atom is -0.495 e. The van der Waals surface area contributed by atoms with E-state index in [-0.39, 0.29) is 10.9 Å². The zero-order valence-electron chi connectivity index (χ0n) is 12.4. The van der Waals surface area contributed by atoms with Crippen molar-refractivity contribution in [2.75, 3.05) is 7.11 Å². The lowest BCUT2D eigenvalue weighted by Crippen LogP contribution is -2.30. The summed E-state index contributed by atoms with van der Waals surface area (Å²) >= 11 is 1.54. The molecule has 1 fully saturated rings. The Morgan fingerprint density at radius 3 is 2.68 bits per heavy atom. The molecular weight excluding hydrogens is 320 g/mol. The van der Waals surface area contributed by atoms with Crippen LogP contribution in [0.4, 0.5) is 0 Å². The van der Waals surface area contributed by atoms with Gasteiger partial charge in [0.15, 0.2) is 0 Å². The van der Waals surface area contributed by atoms with Crippen LogP contribution in [0.5, 0.6) is 5.75 Å². The first-order valence-corrected chi connectivity index (χ1v) is 9.39. The molecule has 1 saturated carbocycles. The third-order valence-electron chi connectivity index (χ3n) is 3.64. The van der Waals surface area contributed by atoms with Crippen LogP contribution in [0.15, 0.2) is 35.4 Å². The minimum absolute atomic E-state index is 0.163. The number of hydrogen-bond acceptors (Lipinski definition) is 5. The van der Waals surface area contributed by atoms with Crippen LogP contribution in [0.3, 0.4) is 0 Å². The number of para-hydroxylation sites is 1. The molecule has 7 heteroatoms. The van der Waals surface area contributed by atoms with Gasteiger partial charge in [-0.1, -0.05) is 12.1 Å². The second kappa shape index (κ2) is 5.98. The first-order valence-electron chi connectivity index (χ1n) is 7.09. The molecule has 1 aliphatic carbocycles. The van der Waals surface area contributed by atoms with Crippen molar-refractivity contribution in [1.29, 1.82) is 0 Å². The van der Waals surface area contributed by atoms with Crippen LogP contribution in [0.2, 0.25) is 0 Å². The highest BCUT2D eigenvalue weighted by Crippen LogP contribution is 2.43. The maximum atomic E-state index is 12.7. The van der Waals surface area contributed by atoms with Crippen molar-refractivity contribution in [3.05, 3.63) is 40.3 Å². The summed E-state index contributed by atoms with van der Waals surface area (Å²) < 4.78 is 33.4. The van der Waals surface area contributed by atoms with Crippen LogP contribution in [0, 0.1) is 12.8 Å². The highest BCUT2D eigenvalue weighted by atomic mass is 32.2. The summed E-state index contributed by atoms with van der Waals surface area (Å²) in [6, 6.07) is 6.39. The number of aryl methyl sites for hydroxylation is 1. The van der Waals surface area contributed by atoms with E-state index in [1.54, 1.807) is 41.8 Å². The Morgan fingerprint density at radius 1 is 1.36 bits per heavy atom. The molecule has 0 bridgehead atoms. The van der Waals surface area contributed by atoms with Gasteiger partial charge in [-0.3, -0.25) is 0 Å². The number of methoxy groups -OCH3 is 1. The zero-order valence-corrected chi connectivity index (χ0v) is 14.1. The molecule has 5 nitrogen and oxygen atoms in total. The van der Waals surface area contributed by atoms with Gasteiger partial charge in [0, 0.05) is 11.1 Å². The van der Waals surface area contributed by atoms with Gasteiger partial charge < -0.3 is 4.74 Å². The van der Waals surface area contributed by atoms with Crippen LogP contribution in [0.1, 0.15) is 28.8 Å². The largest absolute Gasteiger partial charge is 0.495 e. The van der Waals surface area contributed by atoms with Gasteiger partial charge in [0.05, 0.1) is 13.2 Å². The number of aromatic nitrogens is 1. The SMILES string of the molecule is COc1ccccc1S(=O)(=O)NC(c1ncc(C)s1)C1CC1. The van der Waals surface area contributed by atoms with Gasteiger partial charge >= 0.3 is 0 Å². The summed E-state index contributed by atoms with van der Waals surface area (Å²) in [6.07, 6.45) is 3.84. The summed E-state index contributed by atoms with van der Waals surface area (Å²) in [6.45, 7) is 1.97. The molecule has 1 aromatic carbocycles. The minimum atomic E-state index is -3.65. The first-order chi connectivity index (χ1) is 10.5. The number of nitrogens with zero attached hydrogens (tertiary/aromatic N) is 1. The van der Waals surface area contributed by atoms with E-state index >= 15 is 0 Å². The molecular formula is C15H18N2O3S2. The highest BCUT2D eigenvalue weighted by molar-refractivity contribution is 7.89. The predicted octanol–water partition coefficient (Wildman–Crippen LogP) is 2.89. The third kappa shape index (κ3) is 3.16. The molecule has 0 spiro atoms. The summed E-state index contributed by atoms with van der Waals surface area (Å²) in [4.78, 5) is 5.60. The second-order valence-corrected chi connectivity index (χ2v) is 8.35. The molecule has 0 saturated heterocycles. The fraction of sp³-hybridized carbons (Fsp3) is 0.400. The fourth-order valence-corrected chi connectivity index (χ4v) is 4.80. The van der Waals surface area contributed by atoms with Gasteiger partial charge in [0.25, 0.3) is 0 Å². The number of sulfonamides is 1. The highest BCUT2D eigenvalue weighted by Gasteiger charge is 2.37. The van der Waals surface area contributed by atoms with E-state index in [1.807, 2.05) is 6.92 Å². The van der Waals surface area contributed by atoms with E-state index in [2.05, 4.69) is 9.71 Å². The number of nitrogens with one attached hydrogen (secondary N) is 1. The van der Waals surface area contributed by atoms with Crippen molar-refractivity contribution < 1.29 is 13.2 Å². The standard InChI is InChI=1S/C15H18N2O3S2/c1-10-9-16-15(21-10)14(11-7-8-11)17-22(18,19)13-6-4-3-5-12(13)20-2/h3-6,9,11,14,17H,7-8H2,1-2H3. The lowest BCUT2D eigenvalue weighted by molar-refractivity contribution is 0.401. The average Bonchev–Trinajstić information content (AvgIpc) is 3.26. The van der Waals surface area contributed by atoms with Crippen LogP contribution < -0.4 is 9.46 Å². The molecule has 1 unspecified atom stereocenters. The van der Waals surface area contributed by atoms with Gasteiger partial charge in [0.2, 0.25) is 10.0 Å². The number of hydrogen-bond donors (Lipinski definition) is 1. The number of ether oxygens (including phenoxy) is 1. The third-order valence-corrected chi connectivity index (χ3v) is 6.12. The number of rotatable bonds is 6. The van der Waals surface area contributed by atoms with Crippen molar-refractivity contribution in [3.63, 3.8) is 0 Å². The Hall–Kier alpha value is -1.44. The topological polar surface area (TPSA) is 68.3 Å². The molecule has 3 rings (SSSR count). The lowest BCUT2D eigenvalue weighted by Gasteiger charge is -2.17. The molecule has 118 valence electrons. The number of thiazole rings is 1. The summed E-state index contributed by atoms with van der Waals surface area (Å²) in [5.74, 6) is 0.676. The van der Waals surface area contributed by atoms with Gasteiger partial charge in [-0.2, -0.15) is 0 Å². The van der Waals surface area contributed by atoms with E-state index < -0.39 is 10.0 Å². The Balaban J connectivity index is 1.92. The molecule has 2 aromatic rings. The van der Waals surface area contributed by atoms with Gasteiger partial charge in [0.1, 0.15) is 15.7 Å². The molecule has 0 amide bonds. The quantitative estimate of drug-likeness (QED) is 0.879. The molecule has 1 heterocycles. The lowest BCUT2D eigenvalue weighted by atomic mass is 10.2. The molecule has 0 radical (unpaired) electrons. The van der Waals surface area contributed by atoms with E-state index in [4.69, 9.17) is 4.74 Å². The normalized spacial score (nSPS) is 16.5. The van der Waals surface area contributed by atoms with Crippen molar-refractivity contribution in [2.45, 2.75) is 30.7 Å². The summed E-state index contributed by atoms with van der Waals surface area (Å²) in [5, 5.41) is 0.832. The Kier molecular flexibility index (Phi) is 4.20. The predicted molar refractivity (Wildman–Crippen MR) is 85.6 cm³/mol. The number of benzene rings is 1. The van der Waals surface area contributed by atoms with E-state index in [0.717, 1.165) is 22.7 Å². The Morgan fingerprint density at radius 2 is 2.09 bits per heavy atom. The zero-order chi connectivity index (χ0) is 15.7. The maximum Gasteiger partial charge on any atom is 0.244 e. The van der Waals surface area contributed by atoms with Gasteiger partial charge in [-0.25, -0.2) is 18.1 Å². The average molecular weight is 338 g/mol. The van der Waals surface area contributed by atoms with Crippen molar-refractivity contribution in [2.24, 2.45) is 5.92 Å². The first kappa shape index (κ1) is 15.5. The second-order valence-electron chi connectivity index (χ2n) is 5.40. The summed E-state index contributed by atoms with van der Waals surface area (Å²) in [7, 11) is -2.19. The van der Waals surface area contributed by atoms with Crippen molar-refractivity contribution >= 4 is 21.4 Å². The van der Waals surface area contributed by atoms with Crippen LogP contribution in [0.25, 0.3) is 0 Å². The Labute approximate surface area is 134 Å². The molecule has 22 heavy (non-hydrogen) atoms. The van der Waals surface area contributed by atoms with E-state index in [9.17, 15) is 8.42 Å². The van der Waals surface area contributed by atoms with Crippen molar-refractivity contribution in [3.8, 4) is 5.75 Å². The molecule has 1 aliphatic rings. The molecule has 1 N–H and O–H groups in total. The van der Waals surface area contributed by atoms with E-state index in [1.165, 1.54) is 7.11 Å². The van der Waals surface area contributed by atoms with Gasteiger partial charge in [-0.05, 0) is 37.8 Å². The molecule has 1 aromatic heterocycles. The molecule has 1 atom stereocenters. The Bertz CT molecular complexity index is 767. The van der Waals surface area contributed by atoms with E-state index in [0.29, 0.717) is 11.7 Å². The monoisotopic (exact) mass is 338 g/mol. The summed E-state index contributed by atoms with van der Waals surface area (Å²) in [5.41, 5.74) is 0.